The van der Waals surface area contributed by atoms with Crippen LogP contribution in [0.25, 0.3) is 0 Å². The van der Waals surface area contributed by atoms with Crippen molar-refractivity contribution >= 4 is 12.6 Å². The lowest BCUT2D eigenvalue weighted by Gasteiger charge is -2.26. The third-order valence-electron chi connectivity index (χ3n) is 6.63. The van der Waals surface area contributed by atoms with Crippen molar-refractivity contribution < 1.29 is 19.8 Å². The van der Waals surface area contributed by atoms with E-state index in [0.717, 1.165) is 87.5 Å². The standard InChI is InChI=1S/C28H40N4O4/c1-21-13-23(27(35)25(15-21)19-33)17-31-9-3-5-30-8-12-32(10-4-6-29-7-11-31)18-24-14-22(2)16-26(20-34)28(24)36/h13-16,19-20,29-30,35-36H,3-12,17-18H2,1-2H3. The van der Waals surface area contributed by atoms with Crippen molar-refractivity contribution in [3.63, 3.8) is 0 Å². The second-order valence-corrected chi connectivity index (χ2v) is 9.72. The van der Waals surface area contributed by atoms with Crippen LogP contribution in [0.5, 0.6) is 11.5 Å². The number of nitrogens with one attached hydrogen (secondary N) is 2. The Morgan fingerprint density at radius 1 is 0.694 bits per heavy atom. The van der Waals surface area contributed by atoms with E-state index in [1.54, 1.807) is 12.1 Å². The molecule has 0 aromatic heterocycles. The summed E-state index contributed by atoms with van der Waals surface area (Å²) in [6.07, 6.45) is 3.36. The summed E-state index contributed by atoms with van der Waals surface area (Å²) in [5.74, 6) is 0.169. The van der Waals surface area contributed by atoms with Gasteiger partial charge in [-0.15, -0.1) is 0 Å². The lowest BCUT2D eigenvalue weighted by atomic mass is 10.0. The zero-order valence-electron chi connectivity index (χ0n) is 21.6. The van der Waals surface area contributed by atoms with Gasteiger partial charge in [0.05, 0.1) is 11.1 Å². The van der Waals surface area contributed by atoms with Crippen molar-refractivity contribution in [2.45, 2.75) is 39.8 Å². The molecular formula is C28H40N4O4. The molecule has 0 aliphatic carbocycles. The van der Waals surface area contributed by atoms with E-state index in [0.29, 0.717) is 36.8 Å². The molecule has 196 valence electrons. The van der Waals surface area contributed by atoms with Gasteiger partial charge in [0.15, 0.2) is 12.6 Å². The van der Waals surface area contributed by atoms with Crippen LogP contribution in [-0.4, -0.2) is 84.9 Å². The molecule has 1 heterocycles. The van der Waals surface area contributed by atoms with Gasteiger partial charge in [-0.2, -0.15) is 0 Å². The van der Waals surface area contributed by atoms with Gasteiger partial charge in [0.1, 0.15) is 11.5 Å². The summed E-state index contributed by atoms with van der Waals surface area (Å²) >= 11 is 0. The molecule has 1 fully saturated rings. The normalized spacial score (nSPS) is 17.4. The smallest absolute Gasteiger partial charge is 0.153 e. The molecule has 2 aromatic carbocycles. The second kappa shape index (κ2) is 14.1. The highest BCUT2D eigenvalue weighted by Gasteiger charge is 2.15. The number of hydrogen-bond donors (Lipinski definition) is 4. The number of benzene rings is 2. The Kier molecular flexibility index (Phi) is 10.9. The second-order valence-electron chi connectivity index (χ2n) is 9.72. The highest BCUT2D eigenvalue weighted by atomic mass is 16.3. The lowest BCUT2D eigenvalue weighted by molar-refractivity contribution is 0.111. The number of phenols is 2. The monoisotopic (exact) mass is 496 g/mol. The summed E-state index contributed by atoms with van der Waals surface area (Å²) in [4.78, 5) is 27.2. The molecule has 0 unspecified atom stereocenters. The Hall–Kier alpha value is -2.78. The molecule has 0 spiro atoms. The molecule has 1 saturated heterocycles. The number of aryl methyl sites for hydroxylation is 2. The number of hydrogen-bond acceptors (Lipinski definition) is 8. The average molecular weight is 497 g/mol. The minimum Gasteiger partial charge on any atom is -0.507 e. The van der Waals surface area contributed by atoms with Crippen molar-refractivity contribution in [1.82, 2.24) is 20.4 Å². The fourth-order valence-corrected chi connectivity index (χ4v) is 4.79. The Balaban J connectivity index is 1.57. The molecule has 0 radical (unpaired) electrons. The highest BCUT2D eigenvalue weighted by molar-refractivity contribution is 5.81. The van der Waals surface area contributed by atoms with E-state index in [2.05, 4.69) is 20.4 Å². The SMILES string of the molecule is Cc1cc(C=O)c(O)c(CN2CCCNCCN(Cc3cc(C)cc(C=O)c3O)CCCNCC2)c1. The number of aldehydes is 2. The average Bonchev–Trinajstić information content (AvgIpc) is 2.86. The van der Waals surface area contributed by atoms with Gasteiger partial charge < -0.3 is 20.8 Å². The third-order valence-corrected chi connectivity index (χ3v) is 6.63. The molecule has 2 aromatic rings. The van der Waals surface area contributed by atoms with E-state index in [9.17, 15) is 19.8 Å². The molecule has 8 heteroatoms. The van der Waals surface area contributed by atoms with Gasteiger partial charge in [0, 0.05) is 50.4 Å². The number of phenolic OH excluding ortho intramolecular Hbond substituents is 2. The molecular weight excluding hydrogens is 456 g/mol. The van der Waals surface area contributed by atoms with Crippen molar-refractivity contribution in [2.24, 2.45) is 0 Å². The van der Waals surface area contributed by atoms with Crippen LogP contribution in [0.15, 0.2) is 24.3 Å². The summed E-state index contributed by atoms with van der Waals surface area (Å²) in [6.45, 7) is 12.0. The van der Waals surface area contributed by atoms with Gasteiger partial charge in [-0.3, -0.25) is 19.4 Å². The van der Waals surface area contributed by atoms with Gasteiger partial charge in [-0.05, 0) is 76.1 Å². The molecule has 8 nitrogen and oxygen atoms in total. The zero-order chi connectivity index (χ0) is 25.9. The zero-order valence-corrected chi connectivity index (χ0v) is 21.6. The third kappa shape index (κ3) is 8.13. The fourth-order valence-electron chi connectivity index (χ4n) is 4.79. The molecule has 0 atom stereocenters. The molecule has 4 N–H and O–H groups in total. The maximum atomic E-state index is 11.3. The molecule has 0 saturated carbocycles. The minimum absolute atomic E-state index is 0.0843. The first-order valence-corrected chi connectivity index (χ1v) is 12.8. The van der Waals surface area contributed by atoms with E-state index in [1.807, 2.05) is 26.0 Å². The van der Waals surface area contributed by atoms with Crippen LogP contribution in [0, 0.1) is 13.8 Å². The van der Waals surface area contributed by atoms with Gasteiger partial charge in [0.2, 0.25) is 0 Å². The number of aromatic hydroxyl groups is 2. The number of carbonyl (C=O) groups is 2. The van der Waals surface area contributed by atoms with E-state index in [1.165, 1.54) is 0 Å². The largest absolute Gasteiger partial charge is 0.507 e. The Morgan fingerprint density at radius 3 is 1.50 bits per heavy atom. The van der Waals surface area contributed by atoms with Crippen molar-refractivity contribution in [2.75, 3.05) is 52.4 Å². The molecule has 1 aliphatic rings. The molecule has 0 bridgehead atoms. The van der Waals surface area contributed by atoms with E-state index < -0.39 is 0 Å². The predicted molar refractivity (Wildman–Crippen MR) is 142 cm³/mol. The van der Waals surface area contributed by atoms with Crippen LogP contribution in [0.4, 0.5) is 0 Å². The molecule has 1 aliphatic heterocycles. The molecule has 0 amide bonds. The number of rotatable bonds is 6. The summed E-state index contributed by atoms with van der Waals surface area (Å²) in [6, 6.07) is 7.34. The first kappa shape index (κ1) is 27.8. The van der Waals surface area contributed by atoms with Crippen LogP contribution in [0.2, 0.25) is 0 Å². The van der Waals surface area contributed by atoms with E-state index >= 15 is 0 Å². The summed E-state index contributed by atoms with van der Waals surface area (Å²) in [5.41, 5.74) is 4.21. The van der Waals surface area contributed by atoms with Crippen molar-refractivity contribution in [1.29, 1.82) is 0 Å². The van der Waals surface area contributed by atoms with E-state index in [4.69, 9.17) is 0 Å². The van der Waals surface area contributed by atoms with E-state index in [-0.39, 0.29) is 11.5 Å². The van der Waals surface area contributed by atoms with Crippen LogP contribution < -0.4 is 10.6 Å². The number of carbonyl (C=O) groups excluding carboxylic acids is 2. The predicted octanol–water partition coefficient (Wildman–Crippen LogP) is 2.62. The molecule has 3 rings (SSSR count). The van der Waals surface area contributed by atoms with Crippen LogP contribution >= 0.6 is 0 Å². The quantitative estimate of drug-likeness (QED) is 0.453. The van der Waals surface area contributed by atoms with Crippen LogP contribution in [0.3, 0.4) is 0 Å². The Bertz CT molecular complexity index is 930. The first-order valence-electron chi connectivity index (χ1n) is 12.8. The summed E-state index contributed by atoms with van der Waals surface area (Å²) < 4.78 is 0. The van der Waals surface area contributed by atoms with Gasteiger partial charge in [-0.1, -0.05) is 12.1 Å². The maximum Gasteiger partial charge on any atom is 0.153 e. The summed E-state index contributed by atoms with van der Waals surface area (Å²) in [5, 5.41) is 28.0. The minimum atomic E-state index is 0.0843. The fraction of sp³-hybridized carbons (Fsp3) is 0.500. The maximum absolute atomic E-state index is 11.3. The highest BCUT2D eigenvalue weighted by Crippen LogP contribution is 2.26. The van der Waals surface area contributed by atoms with Crippen LogP contribution in [0.1, 0.15) is 55.8 Å². The first-order chi connectivity index (χ1) is 17.4. The van der Waals surface area contributed by atoms with Crippen molar-refractivity contribution in [3.8, 4) is 11.5 Å². The number of nitrogens with zero attached hydrogens (tertiary/aromatic N) is 2. The van der Waals surface area contributed by atoms with Crippen molar-refractivity contribution in [3.05, 3.63) is 57.6 Å². The Morgan fingerprint density at radius 2 is 1.11 bits per heavy atom. The molecule has 36 heavy (non-hydrogen) atoms. The van der Waals surface area contributed by atoms with Gasteiger partial charge in [-0.25, -0.2) is 0 Å². The summed E-state index contributed by atoms with van der Waals surface area (Å²) in [7, 11) is 0. The van der Waals surface area contributed by atoms with Gasteiger partial charge in [0.25, 0.3) is 0 Å². The lowest BCUT2D eigenvalue weighted by Crippen LogP contribution is -2.38. The Labute approximate surface area is 214 Å². The topological polar surface area (TPSA) is 105 Å². The van der Waals surface area contributed by atoms with Gasteiger partial charge >= 0.3 is 0 Å². The van der Waals surface area contributed by atoms with Crippen LogP contribution in [-0.2, 0) is 13.1 Å².